The van der Waals surface area contributed by atoms with Crippen LogP contribution >= 0.6 is 22.7 Å². The number of aryl methyl sites for hydroxylation is 1. The second-order valence-corrected chi connectivity index (χ2v) is 10.1. The Morgan fingerprint density at radius 3 is 2.32 bits per heavy atom. The summed E-state index contributed by atoms with van der Waals surface area (Å²) in [6.45, 7) is 1.97. The van der Waals surface area contributed by atoms with Gasteiger partial charge in [-0.2, -0.15) is 10.1 Å². The third-order valence-corrected chi connectivity index (χ3v) is 7.39. The van der Waals surface area contributed by atoms with Crippen LogP contribution in [0.15, 0.2) is 90.0 Å². The molecule has 3 aromatic carbocycles. The second-order valence-electron chi connectivity index (χ2n) is 8.03. The zero-order chi connectivity index (χ0) is 25.9. The summed E-state index contributed by atoms with van der Waals surface area (Å²) in [5.74, 6) is -0.591. The highest BCUT2D eigenvalue weighted by Crippen LogP contribution is 2.31. The first-order valence-electron chi connectivity index (χ1n) is 11.1. The van der Waals surface area contributed by atoms with E-state index in [1.807, 2.05) is 31.2 Å². The van der Waals surface area contributed by atoms with Crippen molar-refractivity contribution < 1.29 is 14.5 Å². The number of carbonyl (C=O) groups excluding carboxylic acids is 2. The Balaban J connectivity index is 1.48. The van der Waals surface area contributed by atoms with Gasteiger partial charge >= 0.3 is 5.00 Å². The van der Waals surface area contributed by atoms with E-state index in [0.717, 1.165) is 27.1 Å². The third-order valence-electron chi connectivity index (χ3n) is 5.43. The van der Waals surface area contributed by atoms with Gasteiger partial charge in [-0.25, -0.2) is 4.98 Å². The van der Waals surface area contributed by atoms with E-state index in [2.05, 4.69) is 10.1 Å². The number of amides is 1. The highest BCUT2D eigenvalue weighted by Gasteiger charge is 2.22. The highest BCUT2D eigenvalue weighted by atomic mass is 32.1. The minimum atomic E-state index is -0.473. The van der Waals surface area contributed by atoms with Crippen LogP contribution < -0.4 is 5.01 Å². The van der Waals surface area contributed by atoms with Gasteiger partial charge in [0.1, 0.15) is 0 Å². The monoisotopic (exact) mass is 526 g/mol. The van der Waals surface area contributed by atoms with Gasteiger partial charge in [0.2, 0.25) is 5.13 Å². The lowest BCUT2D eigenvalue weighted by atomic mass is 10.0. The molecular formula is C27H18N4O4S2. The fraction of sp³-hybridized carbons (Fsp3) is 0.0370. The zero-order valence-corrected chi connectivity index (χ0v) is 21.0. The largest absolute Gasteiger partial charge is 0.324 e. The van der Waals surface area contributed by atoms with Crippen LogP contribution in [-0.4, -0.2) is 27.8 Å². The molecule has 0 aliphatic carbocycles. The Morgan fingerprint density at radius 1 is 0.919 bits per heavy atom. The summed E-state index contributed by atoms with van der Waals surface area (Å²) in [4.78, 5) is 42.0. The molecule has 0 aliphatic rings. The molecule has 37 heavy (non-hydrogen) atoms. The second kappa shape index (κ2) is 10.2. The number of thiazole rings is 1. The van der Waals surface area contributed by atoms with E-state index in [-0.39, 0.29) is 10.8 Å². The third kappa shape index (κ3) is 5.20. The molecule has 5 rings (SSSR count). The lowest BCUT2D eigenvalue weighted by molar-refractivity contribution is -0.380. The summed E-state index contributed by atoms with van der Waals surface area (Å²) in [5.41, 5.74) is 3.12. The van der Waals surface area contributed by atoms with Crippen LogP contribution in [0.3, 0.4) is 0 Å². The number of hydrogen-bond acceptors (Lipinski definition) is 8. The van der Waals surface area contributed by atoms with Crippen LogP contribution in [-0.2, 0) is 0 Å². The van der Waals surface area contributed by atoms with Crippen LogP contribution in [0.4, 0.5) is 10.1 Å². The molecule has 0 atom stereocenters. The molecule has 10 heteroatoms. The summed E-state index contributed by atoms with van der Waals surface area (Å²) in [7, 11) is 0. The van der Waals surface area contributed by atoms with E-state index in [9.17, 15) is 19.7 Å². The SMILES string of the molecule is Cc1ccc2nc(N(/N=C/c3ccc([N+](=O)[O-])s3)C(=O)c3ccc(C(=O)c4ccccc4)cc3)sc2c1. The van der Waals surface area contributed by atoms with Gasteiger partial charge in [0.05, 0.1) is 26.2 Å². The number of rotatable bonds is 7. The topological polar surface area (TPSA) is 106 Å². The molecule has 0 spiro atoms. The summed E-state index contributed by atoms with van der Waals surface area (Å²) in [6, 6.07) is 24.0. The lowest BCUT2D eigenvalue weighted by Crippen LogP contribution is -2.25. The number of fused-ring (bicyclic) bond motifs is 1. The van der Waals surface area contributed by atoms with Crippen molar-refractivity contribution in [2.45, 2.75) is 6.92 Å². The Labute approximate surface area is 219 Å². The van der Waals surface area contributed by atoms with E-state index < -0.39 is 10.8 Å². The first-order valence-corrected chi connectivity index (χ1v) is 12.7. The predicted octanol–water partition coefficient (Wildman–Crippen LogP) is 6.49. The Bertz CT molecular complexity index is 1660. The van der Waals surface area contributed by atoms with Crippen LogP contribution in [0, 0.1) is 17.0 Å². The van der Waals surface area contributed by atoms with Gasteiger partial charge in [0.25, 0.3) is 5.91 Å². The highest BCUT2D eigenvalue weighted by molar-refractivity contribution is 7.22. The average molecular weight is 527 g/mol. The number of benzene rings is 3. The minimum absolute atomic E-state index is 0.0199. The maximum atomic E-state index is 13.6. The number of thiophene rings is 1. The molecule has 2 heterocycles. The van der Waals surface area contributed by atoms with Crippen LogP contribution in [0.1, 0.15) is 36.7 Å². The Morgan fingerprint density at radius 2 is 1.62 bits per heavy atom. The van der Waals surface area contributed by atoms with E-state index in [1.165, 1.54) is 28.6 Å². The van der Waals surface area contributed by atoms with Crippen LogP contribution in [0.25, 0.3) is 10.2 Å². The van der Waals surface area contributed by atoms with Gasteiger partial charge in [-0.15, -0.1) is 0 Å². The van der Waals surface area contributed by atoms with Crippen molar-refractivity contribution in [2.24, 2.45) is 5.10 Å². The van der Waals surface area contributed by atoms with Crippen molar-refractivity contribution in [1.82, 2.24) is 4.98 Å². The Hall–Kier alpha value is -4.54. The van der Waals surface area contributed by atoms with Crippen LogP contribution in [0.5, 0.6) is 0 Å². The van der Waals surface area contributed by atoms with Gasteiger partial charge in [0, 0.05) is 22.8 Å². The molecule has 0 bridgehead atoms. The van der Waals surface area contributed by atoms with Gasteiger partial charge in [-0.3, -0.25) is 19.7 Å². The normalized spacial score (nSPS) is 11.2. The van der Waals surface area contributed by atoms with Gasteiger partial charge < -0.3 is 0 Å². The van der Waals surface area contributed by atoms with Crippen molar-refractivity contribution in [3.05, 3.63) is 122 Å². The van der Waals surface area contributed by atoms with E-state index in [1.54, 1.807) is 54.6 Å². The Kier molecular flexibility index (Phi) is 6.67. The number of anilines is 1. The van der Waals surface area contributed by atoms with E-state index >= 15 is 0 Å². The summed E-state index contributed by atoms with van der Waals surface area (Å²) < 4.78 is 0.901. The van der Waals surface area contributed by atoms with Crippen molar-refractivity contribution in [3.8, 4) is 0 Å². The number of ketones is 1. The molecule has 0 fully saturated rings. The summed E-state index contributed by atoms with van der Waals surface area (Å²) in [6.07, 6.45) is 1.40. The molecule has 182 valence electrons. The standard InChI is InChI=1S/C27H18N4O4S2/c1-17-7-13-22-23(15-17)37-27(29-22)30(28-16-21-12-14-24(36-21)31(34)35)26(33)20-10-8-19(9-11-20)25(32)18-5-3-2-4-6-18/h2-16H,1H3/b28-16+. The molecule has 5 aromatic rings. The van der Waals surface area contributed by atoms with Crippen molar-refractivity contribution >= 4 is 60.9 Å². The minimum Gasteiger partial charge on any atom is -0.289 e. The molecule has 1 amide bonds. The number of nitro groups is 1. The molecule has 8 nitrogen and oxygen atoms in total. The molecular weight excluding hydrogens is 508 g/mol. The molecule has 0 radical (unpaired) electrons. The zero-order valence-electron chi connectivity index (χ0n) is 19.4. The van der Waals surface area contributed by atoms with Crippen LogP contribution in [0.2, 0.25) is 0 Å². The van der Waals surface area contributed by atoms with Crippen molar-refractivity contribution in [3.63, 3.8) is 0 Å². The number of hydrogen-bond donors (Lipinski definition) is 0. The predicted molar refractivity (Wildman–Crippen MR) is 146 cm³/mol. The molecule has 0 unspecified atom stereocenters. The maximum absolute atomic E-state index is 13.6. The summed E-state index contributed by atoms with van der Waals surface area (Å²) in [5, 5.41) is 16.9. The fourth-order valence-corrected chi connectivity index (χ4v) is 5.27. The number of carbonyl (C=O) groups is 2. The lowest BCUT2D eigenvalue weighted by Gasteiger charge is -2.14. The fourth-order valence-electron chi connectivity index (χ4n) is 3.57. The summed E-state index contributed by atoms with van der Waals surface area (Å²) >= 11 is 2.27. The molecule has 0 N–H and O–H groups in total. The number of hydrazone groups is 1. The first kappa shape index (κ1) is 24.2. The molecule has 0 saturated heterocycles. The smallest absolute Gasteiger partial charge is 0.289 e. The molecule has 0 saturated carbocycles. The van der Waals surface area contributed by atoms with E-state index in [0.29, 0.717) is 26.7 Å². The van der Waals surface area contributed by atoms with Gasteiger partial charge in [-0.05, 0) is 42.8 Å². The van der Waals surface area contributed by atoms with Crippen molar-refractivity contribution in [2.75, 3.05) is 5.01 Å². The molecule has 2 aromatic heterocycles. The van der Waals surface area contributed by atoms with Gasteiger partial charge in [-0.1, -0.05) is 71.2 Å². The van der Waals surface area contributed by atoms with E-state index in [4.69, 9.17) is 0 Å². The number of nitrogens with zero attached hydrogens (tertiary/aromatic N) is 4. The maximum Gasteiger partial charge on any atom is 0.324 e. The molecule has 0 aliphatic heterocycles. The van der Waals surface area contributed by atoms with Crippen molar-refractivity contribution in [1.29, 1.82) is 0 Å². The quantitative estimate of drug-likeness (QED) is 0.104. The van der Waals surface area contributed by atoms with Gasteiger partial charge in [0.15, 0.2) is 5.78 Å². The number of aromatic nitrogens is 1. The first-order chi connectivity index (χ1) is 17.9. The average Bonchev–Trinajstić information content (AvgIpc) is 3.56.